The summed E-state index contributed by atoms with van der Waals surface area (Å²) in [4.78, 5) is 16.3. The number of rotatable bonds is 7. The molecule has 4 heterocycles. The minimum atomic E-state index is -1.52. The van der Waals surface area contributed by atoms with Crippen molar-refractivity contribution in [2.24, 2.45) is 0 Å². The van der Waals surface area contributed by atoms with E-state index >= 15 is 0 Å². The van der Waals surface area contributed by atoms with Crippen molar-refractivity contribution in [3.8, 4) is 0 Å². The standard InChI is InChI=1S/C20H24FN7O4/c1-20(3-4-20)24-19(29)32-14-10-31-17(16(14)21)12-8-15(26-25-12)23-18-13-7-11(9-30-2)27-28(13)6-5-22-18/h5-8,14,16-17H,3-4,9-10H2,1-2H3,(H,24,29)(H2,22,23,25,26)/t14-,16-,17-/m1/s1. The van der Waals surface area contributed by atoms with Crippen LogP contribution in [0.5, 0.6) is 0 Å². The molecule has 0 aromatic carbocycles. The van der Waals surface area contributed by atoms with E-state index in [1.165, 1.54) is 0 Å². The average molecular weight is 445 g/mol. The summed E-state index contributed by atoms with van der Waals surface area (Å²) in [5, 5.41) is 17.2. The third kappa shape index (κ3) is 4.10. The van der Waals surface area contributed by atoms with Gasteiger partial charge in [0.05, 0.1) is 24.6 Å². The smallest absolute Gasteiger partial charge is 0.408 e. The maximum atomic E-state index is 14.9. The van der Waals surface area contributed by atoms with Gasteiger partial charge in [-0.15, -0.1) is 0 Å². The lowest BCUT2D eigenvalue weighted by Crippen LogP contribution is -2.39. The quantitative estimate of drug-likeness (QED) is 0.506. The van der Waals surface area contributed by atoms with Crippen LogP contribution in [0.25, 0.3) is 5.52 Å². The average Bonchev–Trinajstić information content (AvgIpc) is 3.12. The van der Waals surface area contributed by atoms with E-state index in [1.807, 2.05) is 13.0 Å². The minimum Gasteiger partial charge on any atom is -0.441 e. The number of methoxy groups -OCH3 is 1. The number of amides is 1. The van der Waals surface area contributed by atoms with Gasteiger partial charge in [-0.25, -0.2) is 18.7 Å². The van der Waals surface area contributed by atoms with E-state index in [0.717, 1.165) is 24.1 Å². The Labute approximate surface area is 182 Å². The van der Waals surface area contributed by atoms with Gasteiger partial charge < -0.3 is 24.8 Å². The summed E-state index contributed by atoms with van der Waals surface area (Å²) in [6.45, 7) is 2.27. The molecule has 5 rings (SSSR count). The number of hydrogen-bond acceptors (Lipinski definition) is 8. The number of anilines is 2. The molecule has 12 heteroatoms. The molecular weight excluding hydrogens is 421 g/mol. The molecule has 1 aliphatic heterocycles. The second-order valence-electron chi connectivity index (χ2n) is 8.34. The molecule has 0 spiro atoms. The Morgan fingerprint density at radius 1 is 1.44 bits per heavy atom. The lowest BCUT2D eigenvalue weighted by Gasteiger charge is -2.17. The minimum absolute atomic E-state index is 0.0310. The van der Waals surface area contributed by atoms with Gasteiger partial charge in [0.2, 0.25) is 0 Å². The van der Waals surface area contributed by atoms with Gasteiger partial charge in [-0.05, 0) is 25.8 Å². The summed E-state index contributed by atoms with van der Waals surface area (Å²) in [5.41, 5.74) is 1.70. The molecule has 2 aliphatic rings. The van der Waals surface area contributed by atoms with E-state index in [0.29, 0.717) is 23.9 Å². The molecule has 3 aromatic rings. The van der Waals surface area contributed by atoms with Gasteiger partial charge in [-0.3, -0.25) is 5.10 Å². The third-order valence-electron chi connectivity index (χ3n) is 5.63. The molecule has 3 atom stereocenters. The van der Waals surface area contributed by atoms with Crippen molar-refractivity contribution < 1.29 is 23.4 Å². The first kappa shape index (κ1) is 20.6. The number of alkyl carbamates (subject to hydrolysis) is 1. The van der Waals surface area contributed by atoms with Crippen LogP contribution in [0, 0.1) is 0 Å². The summed E-state index contributed by atoms with van der Waals surface area (Å²) < 4.78 is 32.5. The van der Waals surface area contributed by atoms with Crippen LogP contribution >= 0.6 is 0 Å². The number of ether oxygens (including phenoxy) is 3. The van der Waals surface area contributed by atoms with Crippen LogP contribution in [-0.2, 0) is 20.8 Å². The topological polar surface area (TPSA) is 128 Å². The first-order valence-corrected chi connectivity index (χ1v) is 10.3. The zero-order valence-corrected chi connectivity index (χ0v) is 17.7. The van der Waals surface area contributed by atoms with Crippen LogP contribution in [0.1, 0.15) is 37.3 Å². The number of H-pyrrole nitrogens is 1. The van der Waals surface area contributed by atoms with Crippen LogP contribution in [0.2, 0.25) is 0 Å². The van der Waals surface area contributed by atoms with Crippen molar-refractivity contribution in [2.75, 3.05) is 19.0 Å². The lowest BCUT2D eigenvalue weighted by atomic mass is 10.1. The molecule has 3 N–H and O–H groups in total. The zero-order valence-electron chi connectivity index (χ0n) is 17.7. The number of fused-ring (bicyclic) bond motifs is 1. The number of carbonyl (C=O) groups is 1. The molecule has 0 radical (unpaired) electrons. The third-order valence-corrected chi connectivity index (χ3v) is 5.63. The maximum Gasteiger partial charge on any atom is 0.408 e. The predicted molar refractivity (Wildman–Crippen MR) is 110 cm³/mol. The maximum absolute atomic E-state index is 14.9. The Morgan fingerprint density at radius 3 is 3.06 bits per heavy atom. The van der Waals surface area contributed by atoms with Crippen molar-refractivity contribution in [3.63, 3.8) is 0 Å². The van der Waals surface area contributed by atoms with Gasteiger partial charge in [0.15, 0.2) is 23.9 Å². The summed E-state index contributed by atoms with van der Waals surface area (Å²) in [7, 11) is 1.60. The molecule has 0 bridgehead atoms. The van der Waals surface area contributed by atoms with E-state index in [4.69, 9.17) is 14.2 Å². The monoisotopic (exact) mass is 445 g/mol. The van der Waals surface area contributed by atoms with Gasteiger partial charge in [0, 0.05) is 31.1 Å². The van der Waals surface area contributed by atoms with E-state index in [-0.39, 0.29) is 12.1 Å². The van der Waals surface area contributed by atoms with Crippen LogP contribution in [0.15, 0.2) is 24.5 Å². The van der Waals surface area contributed by atoms with Gasteiger partial charge in [-0.1, -0.05) is 0 Å². The summed E-state index contributed by atoms with van der Waals surface area (Å²) in [6.07, 6.45) is 1.09. The highest BCUT2D eigenvalue weighted by molar-refractivity contribution is 5.72. The number of aromatic amines is 1. The van der Waals surface area contributed by atoms with Gasteiger partial charge >= 0.3 is 6.09 Å². The highest BCUT2D eigenvalue weighted by atomic mass is 19.1. The molecule has 170 valence electrons. The van der Waals surface area contributed by atoms with E-state index < -0.39 is 24.5 Å². The number of nitrogens with zero attached hydrogens (tertiary/aromatic N) is 4. The number of aromatic nitrogens is 5. The molecule has 1 amide bonds. The number of alkyl halides is 1. The molecule has 1 saturated heterocycles. The van der Waals surface area contributed by atoms with Crippen molar-refractivity contribution in [1.29, 1.82) is 0 Å². The van der Waals surface area contributed by atoms with Crippen molar-refractivity contribution in [2.45, 2.75) is 50.3 Å². The van der Waals surface area contributed by atoms with Crippen LogP contribution in [-0.4, -0.2) is 62.4 Å². The van der Waals surface area contributed by atoms with Gasteiger partial charge in [0.25, 0.3) is 0 Å². The first-order valence-electron chi connectivity index (χ1n) is 10.3. The SMILES string of the molecule is COCc1cc2c(Nc3cc([C@H]4OC[C@@H](OC(=O)NC5(C)CC5)[C@H]4F)[nH]n3)nccn2n1. The Hall–Kier alpha value is -3.25. The summed E-state index contributed by atoms with van der Waals surface area (Å²) in [6, 6.07) is 3.50. The Morgan fingerprint density at radius 2 is 2.28 bits per heavy atom. The highest BCUT2D eigenvalue weighted by Gasteiger charge is 2.44. The summed E-state index contributed by atoms with van der Waals surface area (Å²) >= 11 is 0. The molecule has 11 nitrogen and oxygen atoms in total. The second-order valence-corrected chi connectivity index (χ2v) is 8.34. The predicted octanol–water partition coefficient (Wildman–Crippen LogP) is 2.40. The van der Waals surface area contributed by atoms with Gasteiger partial charge in [-0.2, -0.15) is 10.2 Å². The molecule has 0 unspecified atom stereocenters. The Kier molecular flexibility index (Phi) is 5.18. The number of hydrogen-bond donors (Lipinski definition) is 3. The van der Waals surface area contributed by atoms with E-state index in [2.05, 4.69) is 30.9 Å². The lowest BCUT2D eigenvalue weighted by molar-refractivity contribution is 0.0604. The fraction of sp³-hybridized carbons (Fsp3) is 0.500. The Bertz CT molecular complexity index is 1130. The van der Waals surface area contributed by atoms with E-state index in [9.17, 15) is 9.18 Å². The van der Waals surface area contributed by atoms with Crippen LogP contribution < -0.4 is 10.6 Å². The van der Waals surface area contributed by atoms with Crippen molar-refractivity contribution >= 4 is 23.2 Å². The Balaban J connectivity index is 1.25. The molecule has 1 aliphatic carbocycles. The summed E-state index contributed by atoms with van der Waals surface area (Å²) in [5.74, 6) is 0.977. The molecule has 1 saturated carbocycles. The second kappa shape index (κ2) is 8.02. The van der Waals surface area contributed by atoms with E-state index in [1.54, 1.807) is 30.1 Å². The highest BCUT2D eigenvalue weighted by Crippen LogP contribution is 2.36. The van der Waals surface area contributed by atoms with Crippen LogP contribution in [0.4, 0.5) is 20.8 Å². The molecule has 2 fully saturated rings. The number of halogens is 1. The van der Waals surface area contributed by atoms with Crippen molar-refractivity contribution in [3.05, 3.63) is 35.9 Å². The van der Waals surface area contributed by atoms with Crippen molar-refractivity contribution in [1.82, 2.24) is 30.1 Å². The van der Waals surface area contributed by atoms with Gasteiger partial charge in [0.1, 0.15) is 11.6 Å². The normalized spacial score (nSPS) is 23.9. The fourth-order valence-corrected chi connectivity index (χ4v) is 3.62. The largest absolute Gasteiger partial charge is 0.441 e. The first-order chi connectivity index (χ1) is 15.4. The molecule has 32 heavy (non-hydrogen) atoms. The number of nitrogens with one attached hydrogen (secondary N) is 3. The number of carbonyl (C=O) groups excluding carboxylic acids is 1. The molecule has 3 aromatic heterocycles. The fourth-order valence-electron chi connectivity index (χ4n) is 3.62. The molecular formula is C20H24FN7O4. The zero-order chi connectivity index (χ0) is 22.3. The van der Waals surface area contributed by atoms with Crippen LogP contribution in [0.3, 0.4) is 0 Å².